The number of nitrogen functional groups attached to an aromatic ring is 1. The Balaban J connectivity index is 1.87. The number of nitrogens with two attached hydrogens (primary N) is 1. The number of phenols is 1. The first-order valence-corrected chi connectivity index (χ1v) is 8.54. The third-order valence-corrected chi connectivity index (χ3v) is 4.75. The van der Waals surface area contributed by atoms with Gasteiger partial charge in [0.1, 0.15) is 11.5 Å². The molecule has 0 unspecified atom stereocenters. The van der Waals surface area contributed by atoms with Crippen LogP contribution in [-0.2, 0) is 0 Å². The molecule has 0 radical (unpaired) electrons. The lowest BCUT2D eigenvalue weighted by molar-refractivity contribution is 0.0977. The van der Waals surface area contributed by atoms with Crippen LogP contribution in [0.4, 0.5) is 5.69 Å². The van der Waals surface area contributed by atoms with Crippen molar-refractivity contribution in [1.29, 1.82) is 0 Å². The van der Waals surface area contributed by atoms with Crippen molar-refractivity contribution in [3.05, 3.63) is 81.3 Å². The minimum Gasteiger partial charge on any atom is -0.507 e. The highest BCUT2D eigenvalue weighted by atomic mass is 79.9. The Morgan fingerprint density at radius 1 is 0.885 bits per heavy atom. The van der Waals surface area contributed by atoms with Gasteiger partial charge < -0.3 is 15.6 Å². The highest BCUT2D eigenvalue weighted by Crippen LogP contribution is 2.42. The zero-order valence-electron chi connectivity index (χ0n) is 13.3. The summed E-state index contributed by atoms with van der Waals surface area (Å²) >= 11 is 3.33. The van der Waals surface area contributed by atoms with Gasteiger partial charge in [0.2, 0.25) is 0 Å². The van der Waals surface area contributed by atoms with Crippen molar-refractivity contribution < 1.29 is 19.4 Å². The van der Waals surface area contributed by atoms with Crippen LogP contribution in [0.1, 0.15) is 31.8 Å². The van der Waals surface area contributed by atoms with Crippen molar-refractivity contribution >= 4 is 33.2 Å². The maximum Gasteiger partial charge on any atom is 0.198 e. The predicted molar refractivity (Wildman–Crippen MR) is 100 cm³/mol. The monoisotopic (exact) mass is 409 g/mol. The number of aromatic hydroxyl groups is 1. The third kappa shape index (κ3) is 2.46. The molecule has 0 amide bonds. The fourth-order valence-electron chi connectivity index (χ4n) is 2.99. The van der Waals surface area contributed by atoms with Gasteiger partial charge in [0.05, 0.1) is 16.8 Å². The van der Waals surface area contributed by atoms with Gasteiger partial charge in [-0.25, -0.2) is 0 Å². The molecule has 0 atom stereocenters. The average molecular weight is 410 g/mol. The Morgan fingerprint density at radius 2 is 1.46 bits per heavy atom. The van der Waals surface area contributed by atoms with E-state index in [2.05, 4.69) is 15.9 Å². The molecule has 0 fully saturated rings. The van der Waals surface area contributed by atoms with Gasteiger partial charge in [-0.05, 0) is 24.3 Å². The van der Waals surface area contributed by atoms with Crippen LogP contribution in [0.3, 0.4) is 0 Å². The second-order valence-electron chi connectivity index (χ2n) is 5.82. The Labute approximate surface area is 157 Å². The van der Waals surface area contributed by atoms with E-state index in [1.807, 2.05) is 0 Å². The number of hydrogen-bond acceptors (Lipinski definition) is 5. The molecule has 0 spiro atoms. The molecule has 3 aromatic rings. The number of benzene rings is 3. The molecular weight excluding hydrogens is 398 g/mol. The van der Waals surface area contributed by atoms with E-state index in [-0.39, 0.29) is 39.4 Å². The standard InChI is InChI=1S/C20H12BrNO4/c21-10-5-7-11(8-6-10)26-15-9-14(23)16-17(18(15)22)20(25)13-4-2-1-3-12(13)19(16)24/h1-9,23H,22H2. The van der Waals surface area contributed by atoms with Crippen LogP contribution in [-0.4, -0.2) is 16.7 Å². The molecule has 128 valence electrons. The van der Waals surface area contributed by atoms with Gasteiger partial charge in [0.25, 0.3) is 0 Å². The Hall–Kier alpha value is -3.12. The van der Waals surface area contributed by atoms with Gasteiger partial charge in [0, 0.05) is 21.7 Å². The first-order valence-electron chi connectivity index (χ1n) is 7.74. The fourth-order valence-corrected chi connectivity index (χ4v) is 3.25. The van der Waals surface area contributed by atoms with Crippen LogP contribution >= 0.6 is 15.9 Å². The Morgan fingerprint density at radius 3 is 2.08 bits per heavy atom. The van der Waals surface area contributed by atoms with Crippen LogP contribution in [0.15, 0.2) is 59.1 Å². The summed E-state index contributed by atoms with van der Waals surface area (Å²) in [7, 11) is 0. The molecule has 0 bridgehead atoms. The van der Waals surface area contributed by atoms with E-state index < -0.39 is 11.6 Å². The van der Waals surface area contributed by atoms with Crippen molar-refractivity contribution in [3.63, 3.8) is 0 Å². The number of halogens is 1. The van der Waals surface area contributed by atoms with E-state index in [9.17, 15) is 14.7 Å². The van der Waals surface area contributed by atoms with Crippen molar-refractivity contribution in [3.8, 4) is 17.2 Å². The summed E-state index contributed by atoms with van der Waals surface area (Å²) in [5.41, 5.74) is 6.56. The van der Waals surface area contributed by atoms with Crippen LogP contribution < -0.4 is 10.5 Å². The normalized spacial score (nSPS) is 12.5. The first-order chi connectivity index (χ1) is 12.5. The van der Waals surface area contributed by atoms with Gasteiger partial charge in [-0.3, -0.25) is 9.59 Å². The zero-order valence-corrected chi connectivity index (χ0v) is 14.9. The molecular formula is C20H12BrNO4. The number of ether oxygens (including phenoxy) is 1. The number of phenolic OH excluding ortho intramolecular Hbond substituents is 1. The van der Waals surface area contributed by atoms with Gasteiger partial charge >= 0.3 is 0 Å². The number of anilines is 1. The lowest BCUT2D eigenvalue weighted by atomic mass is 9.82. The maximum absolute atomic E-state index is 12.9. The minimum absolute atomic E-state index is 0.0218. The number of rotatable bonds is 2. The second-order valence-corrected chi connectivity index (χ2v) is 6.73. The summed E-state index contributed by atoms with van der Waals surface area (Å²) in [5.74, 6) is -0.591. The zero-order chi connectivity index (χ0) is 18.4. The molecule has 26 heavy (non-hydrogen) atoms. The molecule has 1 aliphatic rings. The second kappa shape index (κ2) is 6.00. The van der Waals surface area contributed by atoms with E-state index >= 15 is 0 Å². The number of carbonyl (C=O) groups excluding carboxylic acids is 2. The molecule has 0 aliphatic heterocycles. The molecule has 6 heteroatoms. The highest BCUT2D eigenvalue weighted by molar-refractivity contribution is 9.10. The Kier molecular flexibility index (Phi) is 3.77. The van der Waals surface area contributed by atoms with Crippen LogP contribution in [0.5, 0.6) is 17.2 Å². The van der Waals surface area contributed by atoms with E-state index in [1.54, 1.807) is 48.5 Å². The number of fused-ring (bicyclic) bond motifs is 2. The number of carbonyl (C=O) groups is 2. The van der Waals surface area contributed by atoms with Crippen LogP contribution in [0.25, 0.3) is 0 Å². The van der Waals surface area contributed by atoms with E-state index in [1.165, 1.54) is 6.07 Å². The van der Waals surface area contributed by atoms with Crippen molar-refractivity contribution in [2.45, 2.75) is 0 Å². The highest BCUT2D eigenvalue weighted by Gasteiger charge is 2.35. The fraction of sp³-hybridized carbons (Fsp3) is 0. The van der Waals surface area contributed by atoms with Crippen molar-refractivity contribution in [2.75, 3.05) is 5.73 Å². The molecule has 4 rings (SSSR count). The summed E-state index contributed by atoms with van der Waals surface area (Å²) in [4.78, 5) is 25.6. The third-order valence-electron chi connectivity index (χ3n) is 4.22. The van der Waals surface area contributed by atoms with Crippen LogP contribution in [0, 0.1) is 0 Å². The van der Waals surface area contributed by atoms with Gasteiger partial charge in [0.15, 0.2) is 17.3 Å². The molecule has 5 nitrogen and oxygen atoms in total. The van der Waals surface area contributed by atoms with Gasteiger partial charge in [-0.2, -0.15) is 0 Å². The van der Waals surface area contributed by atoms with Crippen molar-refractivity contribution in [1.82, 2.24) is 0 Å². The summed E-state index contributed by atoms with van der Waals surface area (Å²) in [6.45, 7) is 0. The predicted octanol–water partition coefficient (Wildman–Crippen LogP) is 4.30. The summed E-state index contributed by atoms with van der Waals surface area (Å²) in [6, 6.07) is 14.7. The minimum atomic E-state index is -0.436. The molecule has 3 N–H and O–H groups in total. The van der Waals surface area contributed by atoms with E-state index in [0.29, 0.717) is 5.75 Å². The van der Waals surface area contributed by atoms with Crippen LogP contribution in [0.2, 0.25) is 0 Å². The largest absolute Gasteiger partial charge is 0.507 e. The average Bonchev–Trinajstić information content (AvgIpc) is 2.64. The first kappa shape index (κ1) is 16.4. The lowest BCUT2D eigenvalue weighted by Gasteiger charge is -2.21. The molecule has 0 heterocycles. The van der Waals surface area contributed by atoms with Gasteiger partial charge in [-0.1, -0.05) is 40.2 Å². The molecule has 0 saturated carbocycles. The topological polar surface area (TPSA) is 89.6 Å². The van der Waals surface area contributed by atoms with E-state index in [4.69, 9.17) is 10.5 Å². The van der Waals surface area contributed by atoms with Gasteiger partial charge in [-0.15, -0.1) is 0 Å². The lowest BCUT2D eigenvalue weighted by Crippen LogP contribution is -2.22. The Bertz CT molecular complexity index is 1070. The molecule has 3 aromatic carbocycles. The SMILES string of the molecule is Nc1c(Oc2ccc(Br)cc2)cc(O)c2c1C(=O)c1ccccc1C2=O. The number of ketones is 2. The summed E-state index contributed by atoms with van der Waals surface area (Å²) < 4.78 is 6.59. The molecule has 0 saturated heterocycles. The summed E-state index contributed by atoms with van der Waals surface area (Å²) in [6.07, 6.45) is 0. The smallest absolute Gasteiger partial charge is 0.198 e. The van der Waals surface area contributed by atoms with E-state index in [0.717, 1.165) is 4.47 Å². The molecule has 0 aromatic heterocycles. The maximum atomic E-state index is 12.9. The quantitative estimate of drug-likeness (QED) is 0.380. The molecule has 1 aliphatic carbocycles. The summed E-state index contributed by atoms with van der Waals surface area (Å²) in [5, 5.41) is 10.4. The number of hydrogen-bond donors (Lipinski definition) is 2. The van der Waals surface area contributed by atoms with Crippen molar-refractivity contribution in [2.24, 2.45) is 0 Å².